The fraction of sp³-hybridized carbons (Fsp3) is 0.211. The zero-order chi connectivity index (χ0) is 19.3. The second kappa shape index (κ2) is 8.78. The third-order valence-electron chi connectivity index (χ3n) is 3.48. The van der Waals surface area contributed by atoms with E-state index < -0.39 is 11.9 Å². The molecule has 0 aliphatic carbocycles. The second-order valence-corrected chi connectivity index (χ2v) is 6.87. The van der Waals surface area contributed by atoms with Crippen molar-refractivity contribution in [2.24, 2.45) is 0 Å². The van der Waals surface area contributed by atoms with Gasteiger partial charge >= 0.3 is 5.97 Å². The molecule has 1 heterocycles. The Morgan fingerprint density at radius 2 is 1.88 bits per heavy atom. The summed E-state index contributed by atoms with van der Waals surface area (Å²) in [5, 5.41) is 3.57. The summed E-state index contributed by atoms with van der Waals surface area (Å²) in [6.45, 7) is 4.98. The number of hydrogen-bond donors (Lipinski definition) is 1. The molecule has 2 aromatic rings. The maximum Gasteiger partial charge on any atom is 0.341 e. The van der Waals surface area contributed by atoms with Gasteiger partial charge in [-0.25, -0.2) is 4.79 Å². The quantitative estimate of drug-likeness (QED) is 0.438. The molecule has 0 bridgehead atoms. The van der Waals surface area contributed by atoms with E-state index in [1.54, 1.807) is 44.2 Å². The first-order chi connectivity index (χ1) is 12.3. The maximum absolute atomic E-state index is 12.2. The summed E-state index contributed by atoms with van der Waals surface area (Å²) in [6, 6.07) is 7.00. The Labute approximate surface area is 160 Å². The molecule has 0 fully saturated rings. The van der Waals surface area contributed by atoms with Gasteiger partial charge in [0.25, 0.3) is 0 Å². The zero-order valence-corrected chi connectivity index (χ0v) is 16.2. The molecule has 2 rings (SSSR count). The number of carbonyl (C=O) groups excluding carboxylic acids is 3. The molecule has 7 heteroatoms. The Morgan fingerprint density at radius 3 is 2.46 bits per heavy atom. The fourth-order valence-corrected chi connectivity index (χ4v) is 3.50. The number of Topliss-reactive ketones (excluding diaryl/α,β-unsaturated/α-hetero) is 1. The number of carbonyl (C=O) groups is 3. The van der Waals surface area contributed by atoms with Crippen LogP contribution in [0.1, 0.15) is 45.0 Å². The van der Waals surface area contributed by atoms with Crippen LogP contribution < -0.4 is 5.32 Å². The lowest BCUT2D eigenvalue weighted by atomic mass is 10.1. The normalized spacial score (nSPS) is 10.8. The van der Waals surface area contributed by atoms with Crippen LogP contribution in [0, 0.1) is 6.92 Å². The molecule has 0 spiro atoms. The molecule has 136 valence electrons. The van der Waals surface area contributed by atoms with E-state index in [4.69, 9.17) is 16.3 Å². The minimum absolute atomic E-state index is 0.171. The predicted molar refractivity (Wildman–Crippen MR) is 104 cm³/mol. The lowest BCUT2D eigenvalue weighted by Crippen LogP contribution is -2.12. The van der Waals surface area contributed by atoms with Crippen LogP contribution >= 0.6 is 22.9 Å². The van der Waals surface area contributed by atoms with E-state index in [1.165, 1.54) is 13.0 Å². The number of anilines is 1. The van der Waals surface area contributed by atoms with Gasteiger partial charge < -0.3 is 10.1 Å². The zero-order valence-electron chi connectivity index (χ0n) is 14.6. The standard InChI is InChI=1S/C19H18ClNO4S/c1-4-25-19(24)16-11(2)17(12(3)22)26-18(16)21-15(23)10-7-13-5-8-14(20)9-6-13/h5-10H,4H2,1-3H3,(H,21,23)/b10-7+. The second-order valence-electron chi connectivity index (χ2n) is 5.41. The fourth-order valence-electron chi connectivity index (χ4n) is 2.29. The number of hydrogen-bond acceptors (Lipinski definition) is 5. The lowest BCUT2D eigenvalue weighted by Gasteiger charge is -2.05. The molecule has 0 aliphatic rings. The van der Waals surface area contributed by atoms with Crippen LogP contribution in [0.4, 0.5) is 5.00 Å². The summed E-state index contributed by atoms with van der Waals surface area (Å²) >= 11 is 6.89. The SMILES string of the molecule is CCOC(=O)c1c(NC(=O)/C=C/c2ccc(Cl)cc2)sc(C(C)=O)c1C. The number of thiophene rings is 1. The van der Waals surface area contributed by atoms with E-state index in [1.807, 2.05) is 0 Å². The van der Waals surface area contributed by atoms with E-state index in [0.29, 0.717) is 20.5 Å². The molecule has 1 amide bonds. The first-order valence-corrected chi connectivity index (χ1v) is 9.09. The molecular formula is C19H18ClNO4S. The summed E-state index contributed by atoms with van der Waals surface area (Å²) in [5.74, 6) is -1.15. The monoisotopic (exact) mass is 391 g/mol. The van der Waals surface area contributed by atoms with E-state index in [2.05, 4.69) is 5.32 Å². The highest BCUT2D eigenvalue weighted by molar-refractivity contribution is 7.18. The van der Waals surface area contributed by atoms with E-state index in [-0.39, 0.29) is 18.0 Å². The van der Waals surface area contributed by atoms with Crippen molar-refractivity contribution in [2.75, 3.05) is 11.9 Å². The number of benzene rings is 1. The van der Waals surface area contributed by atoms with Gasteiger partial charge in [0.15, 0.2) is 5.78 Å². The van der Waals surface area contributed by atoms with Crippen LogP contribution in [0.25, 0.3) is 6.08 Å². The average Bonchev–Trinajstić information content (AvgIpc) is 2.91. The third kappa shape index (κ3) is 4.80. The summed E-state index contributed by atoms with van der Waals surface area (Å²) in [6.07, 6.45) is 2.97. The van der Waals surface area contributed by atoms with Crippen molar-refractivity contribution in [3.05, 3.63) is 56.9 Å². The van der Waals surface area contributed by atoms with Gasteiger partial charge in [-0.1, -0.05) is 23.7 Å². The van der Waals surface area contributed by atoms with E-state index in [0.717, 1.165) is 16.9 Å². The summed E-state index contributed by atoms with van der Waals surface area (Å²) in [4.78, 5) is 36.6. The topological polar surface area (TPSA) is 72.5 Å². The lowest BCUT2D eigenvalue weighted by molar-refractivity contribution is -0.111. The van der Waals surface area contributed by atoms with Crippen LogP contribution in [0.15, 0.2) is 30.3 Å². The summed E-state index contributed by atoms with van der Waals surface area (Å²) < 4.78 is 5.04. The third-order valence-corrected chi connectivity index (χ3v) is 5.04. The first kappa shape index (κ1) is 19.9. The van der Waals surface area contributed by atoms with Crippen molar-refractivity contribution in [3.63, 3.8) is 0 Å². The van der Waals surface area contributed by atoms with Gasteiger partial charge in [0.05, 0.1) is 17.0 Å². The summed E-state index contributed by atoms with van der Waals surface area (Å²) in [5.41, 5.74) is 1.54. The predicted octanol–water partition coefficient (Wildman–Crippen LogP) is 4.74. The minimum Gasteiger partial charge on any atom is -0.462 e. The Bertz CT molecular complexity index is 868. The van der Waals surface area contributed by atoms with Crippen molar-refractivity contribution in [1.29, 1.82) is 0 Å². The van der Waals surface area contributed by atoms with Crippen molar-refractivity contribution in [1.82, 2.24) is 0 Å². The number of amides is 1. The number of halogens is 1. The minimum atomic E-state index is -0.564. The molecule has 5 nitrogen and oxygen atoms in total. The molecule has 0 unspecified atom stereocenters. The van der Waals surface area contributed by atoms with E-state index >= 15 is 0 Å². The molecule has 1 aromatic carbocycles. The number of nitrogens with one attached hydrogen (secondary N) is 1. The van der Waals surface area contributed by atoms with Gasteiger partial charge in [0.2, 0.25) is 5.91 Å². The highest BCUT2D eigenvalue weighted by Crippen LogP contribution is 2.34. The molecular weight excluding hydrogens is 374 g/mol. The van der Waals surface area contributed by atoms with Gasteiger partial charge in [0, 0.05) is 11.1 Å². The molecule has 26 heavy (non-hydrogen) atoms. The molecule has 1 aromatic heterocycles. The molecule has 0 saturated carbocycles. The number of ketones is 1. The maximum atomic E-state index is 12.2. The Balaban J connectivity index is 2.25. The highest BCUT2D eigenvalue weighted by atomic mass is 35.5. The number of rotatable bonds is 6. The molecule has 0 saturated heterocycles. The number of esters is 1. The van der Waals surface area contributed by atoms with Crippen molar-refractivity contribution >= 4 is 51.7 Å². The first-order valence-electron chi connectivity index (χ1n) is 7.89. The Hall–Kier alpha value is -2.44. The van der Waals surface area contributed by atoms with Crippen LogP contribution in [-0.2, 0) is 9.53 Å². The van der Waals surface area contributed by atoms with Gasteiger partial charge in [-0.05, 0) is 50.1 Å². The molecule has 0 atom stereocenters. The van der Waals surface area contributed by atoms with Crippen molar-refractivity contribution in [2.45, 2.75) is 20.8 Å². The molecule has 0 radical (unpaired) electrons. The van der Waals surface area contributed by atoms with Gasteiger partial charge in [-0.3, -0.25) is 9.59 Å². The van der Waals surface area contributed by atoms with Gasteiger partial charge in [-0.15, -0.1) is 11.3 Å². The van der Waals surface area contributed by atoms with Crippen LogP contribution in [-0.4, -0.2) is 24.3 Å². The Morgan fingerprint density at radius 1 is 1.23 bits per heavy atom. The van der Waals surface area contributed by atoms with Crippen molar-refractivity contribution < 1.29 is 19.1 Å². The van der Waals surface area contributed by atoms with E-state index in [9.17, 15) is 14.4 Å². The summed E-state index contributed by atoms with van der Waals surface area (Å²) in [7, 11) is 0. The molecule has 1 N–H and O–H groups in total. The largest absolute Gasteiger partial charge is 0.462 e. The Kier molecular flexibility index (Phi) is 6.71. The highest BCUT2D eigenvalue weighted by Gasteiger charge is 2.24. The number of ether oxygens (including phenoxy) is 1. The van der Waals surface area contributed by atoms with Gasteiger partial charge in [-0.2, -0.15) is 0 Å². The van der Waals surface area contributed by atoms with Crippen LogP contribution in [0.5, 0.6) is 0 Å². The van der Waals surface area contributed by atoms with Crippen molar-refractivity contribution in [3.8, 4) is 0 Å². The molecule has 0 aliphatic heterocycles. The van der Waals surface area contributed by atoms with Gasteiger partial charge in [0.1, 0.15) is 5.00 Å². The smallest absolute Gasteiger partial charge is 0.341 e. The van der Waals surface area contributed by atoms with Crippen LogP contribution in [0.3, 0.4) is 0 Å². The average molecular weight is 392 g/mol. The van der Waals surface area contributed by atoms with Crippen LogP contribution in [0.2, 0.25) is 5.02 Å².